The van der Waals surface area contributed by atoms with E-state index in [-0.39, 0.29) is 0 Å². The Bertz CT molecular complexity index is 432. The zero-order chi connectivity index (χ0) is 17.6. The van der Waals surface area contributed by atoms with Crippen LogP contribution in [0.5, 0.6) is 0 Å². The summed E-state index contributed by atoms with van der Waals surface area (Å²) in [5.41, 5.74) is 2.55. The summed E-state index contributed by atoms with van der Waals surface area (Å²) < 4.78 is 0. The predicted molar refractivity (Wildman–Crippen MR) is 104 cm³/mol. The number of hydrogen-bond donors (Lipinski definition) is 0. The lowest BCUT2D eigenvalue weighted by Gasteiger charge is -1.98. The molecular formula is C22H30. The van der Waals surface area contributed by atoms with Crippen LogP contribution in [-0.4, -0.2) is 0 Å². The lowest BCUT2D eigenvalue weighted by molar-refractivity contribution is 1.50. The van der Waals surface area contributed by atoms with Crippen molar-refractivity contribution < 1.29 is 0 Å². The Balaban J connectivity index is -0.000000306. The first kappa shape index (κ1) is 24.6. The molecule has 0 saturated heterocycles. The molecule has 0 aliphatic heterocycles. The van der Waals surface area contributed by atoms with Crippen LogP contribution in [0, 0.1) is 24.7 Å². The molecule has 0 heteroatoms. The zero-order valence-corrected chi connectivity index (χ0v) is 14.9. The first-order valence-electron chi connectivity index (χ1n) is 7.65. The maximum Gasteiger partial charge on any atom is -0.00297 e. The average Bonchev–Trinajstić information content (AvgIpc) is 2.61. The number of terminal acetylenes is 2. The molecule has 0 bridgehead atoms. The van der Waals surface area contributed by atoms with Gasteiger partial charge < -0.3 is 0 Å². The van der Waals surface area contributed by atoms with Crippen LogP contribution in [0.2, 0.25) is 0 Å². The Morgan fingerprint density at radius 2 is 0.727 bits per heavy atom. The lowest BCUT2D eigenvalue weighted by atomic mass is 10.1. The van der Waals surface area contributed by atoms with Crippen LogP contribution in [0.1, 0.15) is 41.5 Å². The third-order valence-electron chi connectivity index (χ3n) is 1.88. The fourth-order valence-electron chi connectivity index (χ4n) is 1.26. The summed E-state index contributed by atoms with van der Waals surface area (Å²) in [4.78, 5) is 0. The first-order chi connectivity index (χ1) is 10.8. The van der Waals surface area contributed by atoms with Crippen LogP contribution in [-0.2, 0) is 0 Å². The Morgan fingerprint density at radius 1 is 0.545 bits per heavy atom. The topological polar surface area (TPSA) is 0 Å². The van der Waals surface area contributed by atoms with Gasteiger partial charge in [0.25, 0.3) is 0 Å². The molecule has 0 N–H and O–H groups in total. The van der Waals surface area contributed by atoms with Crippen LogP contribution in [0.25, 0.3) is 11.1 Å². The molecule has 2 aromatic carbocycles. The van der Waals surface area contributed by atoms with Crippen molar-refractivity contribution >= 4 is 0 Å². The minimum Gasteiger partial charge on any atom is -0.120 e. The van der Waals surface area contributed by atoms with Gasteiger partial charge in [-0.3, -0.25) is 0 Å². The van der Waals surface area contributed by atoms with Gasteiger partial charge in [0.05, 0.1) is 0 Å². The van der Waals surface area contributed by atoms with E-state index in [0.29, 0.717) is 0 Å². The third-order valence-corrected chi connectivity index (χ3v) is 1.88. The number of rotatable bonds is 1. The number of hydrogen-bond acceptors (Lipinski definition) is 0. The molecule has 0 amide bonds. The molecule has 0 fully saturated rings. The molecule has 118 valence electrons. The SMILES string of the molecule is C#CC.C#CC.CC.CC.c1ccc(-c2ccccc2)cc1. The standard InChI is InChI=1S/C12H10.2C3H4.2C2H6/c1-3-7-11(8-4-1)12-9-5-2-6-10-12;2*1-3-2;2*1-2/h1-10H;2*1H,2H3;2*1-2H3. The summed E-state index contributed by atoms with van der Waals surface area (Å²) >= 11 is 0. The Labute approximate surface area is 138 Å². The first-order valence-corrected chi connectivity index (χ1v) is 7.65. The average molecular weight is 294 g/mol. The molecule has 0 spiro atoms. The van der Waals surface area contributed by atoms with Gasteiger partial charge in [-0.2, -0.15) is 0 Å². The van der Waals surface area contributed by atoms with Gasteiger partial charge in [0, 0.05) is 0 Å². The molecule has 0 unspecified atom stereocenters. The highest BCUT2D eigenvalue weighted by atomic mass is 14.0. The van der Waals surface area contributed by atoms with Gasteiger partial charge in [0.2, 0.25) is 0 Å². The zero-order valence-electron chi connectivity index (χ0n) is 14.9. The Hall–Kier alpha value is -2.44. The van der Waals surface area contributed by atoms with E-state index in [9.17, 15) is 0 Å². The van der Waals surface area contributed by atoms with Crippen molar-refractivity contribution in [2.24, 2.45) is 0 Å². The van der Waals surface area contributed by atoms with E-state index in [1.54, 1.807) is 13.8 Å². The fourth-order valence-corrected chi connectivity index (χ4v) is 1.26. The van der Waals surface area contributed by atoms with E-state index in [2.05, 4.69) is 73.2 Å². The summed E-state index contributed by atoms with van der Waals surface area (Å²) in [6.45, 7) is 11.3. The highest BCUT2D eigenvalue weighted by Crippen LogP contribution is 2.17. The molecule has 0 aliphatic rings. The monoisotopic (exact) mass is 294 g/mol. The van der Waals surface area contributed by atoms with Crippen LogP contribution in [0.4, 0.5) is 0 Å². The van der Waals surface area contributed by atoms with E-state index < -0.39 is 0 Å². The quantitative estimate of drug-likeness (QED) is 0.514. The van der Waals surface area contributed by atoms with Crippen molar-refractivity contribution in [1.29, 1.82) is 0 Å². The molecule has 22 heavy (non-hydrogen) atoms. The minimum atomic E-state index is 1.28. The summed E-state index contributed by atoms with van der Waals surface area (Å²) in [6.07, 6.45) is 9.19. The van der Waals surface area contributed by atoms with E-state index in [1.807, 2.05) is 39.8 Å². The second kappa shape index (κ2) is 23.6. The van der Waals surface area contributed by atoms with Crippen LogP contribution >= 0.6 is 0 Å². The van der Waals surface area contributed by atoms with Crippen molar-refractivity contribution in [2.45, 2.75) is 41.5 Å². The maximum atomic E-state index is 4.60. The van der Waals surface area contributed by atoms with Crippen molar-refractivity contribution in [3.8, 4) is 35.8 Å². The molecule has 2 aromatic rings. The third kappa shape index (κ3) is 15.6. The molecule has 0 saturated carbocycles. The molecule has 0 aromatic heterocycles. The van der Waals surface area contributed by atoms with E-state index >= 15 is 0 Å². The summed E-state index contributed by atoms with van der Waals surface area (Å²) in [6, 6.07) is 20.8. The summed E-state index contributed by atoms with van der Waals surface area (Å²) in [5.74, 6) is 4.50. The summed E-state index contributed by atoms with van der Waals surface area (Å²) in [7, 11) is 0. The maximum absolute atomic E-state index is 4.60. The van der Waals surface area contributed by atoms with Gasteiger partial charge in [-0.1, -0.05) is 88.4 Å². The molecule has 0 nitrogen and oxygen atoms in total. The van der Waals surface area contributed by atoms with Crippen molar-refractivity contribution in [2.75, 3.05) is 0 Å². The van der Waals surface area contributed by atoms with Gasteiger partial charge in [-0.05, 0) is 25.0 Å². The van der Waals surface area contributed by atoms with Crippen LogP contribution in [0.15, 0.2) is 60.7 Å². The van der Waals surface area contributed by atoms with Crippen molar-refractivity contribution in [3.63, 3.8) is 0 Å². The predicted octanol–water partition coefficient (Wildman–Crippen LogP) is 6.69. The van der Waals surface area contributed by atoms with Gasteiger partial charge in [-0.15, -0.1) is 24.7 Å². The van der Waals surface area contributed by atoms with Crippen LogP contribution < -0.4 is 0 Å². The molecule has 0 heterocycles. The highest BCUT2D eigenvalue weighted by molar-refractivity contribution is 5.62. The van der Waals surface area contributed by atoms with Gasteiger partial charge >= 0.3 is 0 Å². The largest absolute Gasteiger partial charge is 0.120 e. The minimum absolute atomic E-state index is 1.28. The smallest absolute Gasteiger partial charge is 0.00297 e. The molecular weight excluding hydrogens is 264 g/mol. The number of benzene rings is 2. The highest BCUT2D eigenvalue weighted by Gasteiger charge is 1.91. The second-order valence-electron chi connectivity index (χ2n) is 3.31. The van der Waals surface area contributed by atoms with Gasteiger partial charge in [0.1, 0.15) is 0 Å². The molecule has 0 radical (unpaired) electrons. The lowest BCUT2D eigenvalue weighted by Crippen LogP contribution is -1.73. The normalized spacial score (nSPS) is 6.55. The van der Waals surface area contributed by atoms with Crippen molar-refractivity contribution in [1.82, 2.24) is 0 Å². The van der Waals surface area contributed by atoms with Crippen molar-refractivity contribution in [3.05, 3.63) is 60.7 Å². The van der Waals surface area contributed by atoms with E-state index in [4.69, 9.17) is 0 Å². The fraction of sp³-hybridized carbons (Fsp3) is 0.273. The Morgan fingerprint density at radius 3 is 0.909 bits per heavy atom. The summed E-state index contributed by atoms with van der Waals surface area (Å²) in [5, 5.41) is 0. The molecule has 0 atom stereocenters. The Kier molecular flexibility index (Phi) is 26.4. The van der Waals surface area contributed by atoms with E-state index in [1.165, 1.54) is 11.1 Å². The molecule has 0 aliphatic carbocycles. The van der Waals surface area contributed by atoms with Gasteiger partial charge in [0.15, 0.2) is 0 Å². The van der Waals surface area contributed by atoms with Crippen LogP contribution in [0.3, 0.4) is 0 Å². The molecule has 2 rings (SSSR count). The van der Waals surface area contributed by atoms with E-state index in [0.717, 1.165) is 0 Å². The van der Waals surface area contributed by atoms with Gasteiger partial charge in [-0.25, -0.2) is 0 Å². The second-order valence-corrected chi connectivity index (χ2v) is 3.31.